The molecule has 1 heteroatoms. The first kappa shape index (κ1) is 21.3. The van der Waals surface area contributed by atoms with E-state index in [0.29, 0.717) is 0 Å². The summed E-state index contributed by atoms with van der Waals surface area (Å²) in [4.78, 5) is 0. The minimum atomic E-state index is 0.243. The second kappa shape index (κ2) is 10.3. The molecule has 0 spiro atoms. The highest BCUT2D eigenvalue weighted by molar-refractivity contribution is 6.31. The van der Waals surface area contributed by atoms with Crippen LogP contribution in [0, 0.1) is 5.41 Å². The number of hydrogen-bond acceptors (Lipinski definition) is 0. The molecule has 0 aliphatic rings. The minimum absolute atomic E-state index is 0.243. The monoisotopic (exact) mass is 354 g/mol. The van der Waals surface area contributed by atoms with Gasteiger partial charge >= 0.3 is 0 Å². The molecule has 2 aromatic rings. The zero-order valence-corrected chi connectivity index (χ0v) is 17.0. The summed E-state index contributed by atoms with van der Waals surface area (Å²) < 4.78 is 0. The molecule has 0 amide bonds. The van der Waals surface area contributed by atoms with Crippen LogP contribution in [0.2, 0.25) is 5.02 Å². The van der Waals surface area contributed by atoms with Crippen LogP contribution in [-0.2, 0) is 6.42 Å². The molecule has 0 unspecified atom stereocenters. The van der Waals surface area contributed by atoms with E-state index in [4.69, 9.17) is 11.6 Å². The highest BCUT2D eigenvalue weighted by atomic mass is 35.5. The molecule has 2 aromatic carbocycles. The van der Waals surface area contributed by atoms with E-state index >= 15 is 0 Å². The Morgan fingerprint density at radius 3 is 2.12 bits per heavy atom. The Balaban J connectivity index is 0.000000271. The van der Waals surface area contributed by atoms with Crippen LogP contribution in [0.3, 0.4) is 0 Å². The van der Waals surface area contributed by atoms with Crippen LogP contribution in [0.5, 0.6) is 0 Å². The van der Waals surface area contributed by atoms with Gasteiger partial charge in [0.25, 0.3) is 0 Å². The fourth-order valence-corrected chi connectivity index (χ4v) is 2.43. The summed E-state index contributed by atoms with van der Waals surface area (Å²) in [6.07, 6.45) is 6.63. The Labute approximate surface area is 159 Å². The predicted octanol–water partition coefficient (Wildman–Crippen LogP) is 8.07. The second-order valence-electron chi connectivity index (χ2n) is 7.44. The van der Waals surface area contributed by atoms with Crippen molar-refractivity contribution >= 4 is 23.3 Å². The van der Waals surface area contributed by atoms with Crippen molar-refractivity contribution in [1.29, 1.82) is 0 Å². The van der Waals surface area contributed by atoms with Gasteiger partial charge in [0.2, 0.25) is 0 Å². The quantitative estimate of drug-likeness (QED) is 0.520. The van der Waals surface area contributed by atoms with Gasteiger partial charge in [-0.2, -0.15) is 0 Å². The van der Waals surface area contributed by atoms with E-state index in [1.54, 1.807) is 0 Å². The van der Waals surface area contributed by atoms with Gasteiger partial charge in [0, 0.05) is 5.02 Å². The molecule has 0 N–H and O–H groups in total. The van der Waals surface area contributed by atoms with Gasteiger partial charge in [-0.25, -0.2) is 0 Å². The Morgan fingerprint density at radius 2 is 1.64 bits per heavy atom. The van der Waals surface area contributed by atoms with E-state index in [2.05, 4.69) is 76.8 Å². The zero-order valence-electron chi connectivity index (χ0n) is 16.3. The number of aryl methyl sites for hydroxylation is 1. The lowest BCUT2D eigenvalue weighted by Gasteiger charge is -2.11. The smallest absolute Gasteiger partial charge is 0.0437 e. The zero-order chi connectivity index (χ0) is 18.9. The van der Waals surface area contributed by atoms with Crippen molar-refractivity contribution in [3.05, 3.63) is 82.9 Å². The normalized spacial score (nSPS) is 11.1. The van der Waals surface area contributed by atoms with Crippen LogP contribution in [0.25, 0.3) is 11.6 Å². The second-order valence-corrected chi connectivity index (χ2v) is 7.85. The fraction of sp³-hybridized carbons (Fsp3) is 0.333. The average Bonchev–Trinajstić information content (AvgIpc) is 2.56. The Morgan fingerprint density at radius 1 is 1.04 bits per heavy atom. The van der Waals surface area contributed by atoms with Crippen LogP contribution < -0.4 is 0 Å². The fourth-order valence-electron chi connectivity index (χ4n) is 2.20. The SMILES string of the molecule is C=C(C)c1ccc(/C=C/C(C)(C)C)cc1.CCCc1ccccc1Cl. The Bertz CT molecular complexity index is 685. The first-order chi connectivity index (χ1) is 11.7. The lowest BCUT2D eigenvalue weighted by molar-refractivity contribution is 0.547. The third kappa shape index (κ3) is 8.74. The molecule has 0 saturated heterocycles. The maximum absolute atomic E-state index is 5.90. The van der Waals surface area contributed by atoms with Crippen molar-refractivity contribution in [3.63, 3.8) is 0 Å². The van der Waals surface area contributed by atoms with Gasteiger partial charge in [0.1, 0.15) is 0 Å². The standard InChI is InChI=1S/C15H20.C9H11Cl/c1-12(2)14-8-6-13(7-9-14)10-11-15(3,4)5;1-2-5-8-6-3-4-7-9(8)10/h6-11H,1H2,2-5H3;3-4,6-7H,2,5H2,1H3/b11-10+;. The predicted molar refractivity (Wildman–Crippen MR) is 115 cm³/mol. The summed E-state index contributed by atoms with van der Waals surface area (Å²) in [6.45, 7) is 14.7. The van der Waals surface area contributed by atoms with Crippen LogP contribution in [-0.4, -0.2) is 0 Å². The van der Waals surface area contributed by atoms with E-state index in [-0.39, 0.29) is 5.41 Å². The summed E-state index contributed by atoms with van der Waals surface area (Å²) in [7, 11) is 0. The topological polar surface area (TPSA) is 0 Å². The Hall–Kier alpha value is -1.79. The van der Waals surface area contributed by atoms with Crippen molar-refractivity contribution in [3.8, 4) is 0 Å². The van der Waals surface area contributed by atoms with Crippen LogP contribution in [0.4, 0.5) is 0 Å². The summed E-state index contributed by atoms with van der Waals surface area (Å²) in [5, 5.41) is 0.893. The molecule has 0 nitrogen and oxygen atoms in total. The molecule has 0 aliphatic carbocycles. The van der Waals surface area contributed by atoms with Crippen molar-refractivity contribution in [2.24, 2.45) is 5.41 Å². The summed E-state index contributed by atoms with van der Waals surface area (Å²) in [5.41, 5.74) is 5.07. The first-order valence-corrected chi connectivity index (χ1v) is 9.29. The van der Waals surface area contributed by atoms with Gasteiger partial charge < -0.3 is 0 Å². The summed E-state index contributed by atoms with van der Waals surface area (Å²) >= 11 is 5.90. The highest BCUT2D eigenvalue weighted by Gasteiger charge is 2.03. The maximum atomic E-state index is 5.90. The summed E-state index contributed by atoms with van der Waals surface area (Å²) in [6, 6.07) is 16.5. The average molecular weight is 355 g/mol. The van der Waals surface area contributed by atoms with E-state index in [1.807, 2.05) is 25.1 Å². The molecule has 2 rings (SSSR count). The largest absolute Gasteiger partial charge is 0.0955 e. The van der Waals surface area contributed by atoms with E-state index in [0.717, 1.165) is 23.4 Å². The molecule has 0 heterocycles. The van der Waals surface area contributed by atoms with Gasteiger partial charge in [-0.3, -0.25) is 0 Å². The molecular weight excluding hydrogens is 324 g/mol. The number of allylic oxidation sites excluding steroid dienone is 2. The van der Waals surface area contributed by atoms with Gasteiger partial charge in [0.05, 0.1) is 0 Å². The third-order valence-corrected chi connectivity index (χ3v) is 4.03. The van der Waals surface area contributed by atoms with Gasteiger partial charge in [-0.05, 0) is 41.5 Å². The van der Waals surface area contributed by atoms with Gasteiger partial charge in [0.15, 0.2) is 0 Å². The molecule has 0 atom stereocenters. The molecule has 0 saturated carbocycles. The third-order valence-electron chi connectivity index (χ3n) is 3.66. The number of halogens is 1. The molecular formula is C24H31Cl. The minimum Gasteiger partial charge on any atom is -0.0955 e. The highest BCUT2D eigenvalue weighted by Crippen LogP contribution is 2.18. The first-order valence-electron chi connectivity index (χ1n) is 8.91. The van der Waals surface area contributed by atoms with Crippen molar-refractivity contribution in [2.75, 3.05) is 0 Å². The molecule has 0 fully saturated rings. The van der Waals surface area contributed by atoms with Crippen LogP contribution in [0.15, 0.2) is 61.2 Å². The molecule has 134 valence electrons. The van der Waals surface area contributed by atoms with Crippen molar-refractivity contribution in [2.45, 2.75) is 47.5 Å². The van der Waals surface area contributed by atoms with E-state index in [9.17, 15) is 0 Å². The molecule has 0 aromatic heterocycles. The maximum Gasteiger partial charge on any atom is 0.0437 e. The molecule has 0 radical (unpaired) electrons. The van der Waals surface area contributed by atoms with E-state index in [1.165, 1.54) is 16.7 Å². The van der Waals surface area contributed by atoms with Crippen molar-refractivity contribution in [1.82, 2.24) is 0 Å². The van der Waals surface area contributed by atoms with Crippen molar-refractivity contribution < 1.29 is 0 Å². The number of rotatable bonds is 4. The number of benzene rings is 2. The molecule has 0 bridgehead atoms. The van der Waals surface area contributed by atoms with Gasteiger partial charge in [-0.15, -0.1) is 0 Å². The van der Waals surface area contributed by atoms with Crippen LogP contribution in [0.1, 0.15) is 57.7 Å². The van der Waals surface area contributed by atoms with E-state index < -0.39 is 0 Å². The molecule has 0 aliphatic heterocycles. The number of hydrogen-bond donors (Lipinski definition) is 0. The molecule has 25 heavy (non-hydrogen) atoms. The van der Waals surface area contributed by atoms with Crippen LogP contribution >= 0.6 is 11.6 Å². The Kier molecular flexibility index (Phi) is 8.72. The summed E-state index contributed by atoms with van der Waals surface area (Å²) in [5.74, 6) is 0. The van der Waals surface area contributed by atoms with Gasteiger partial charge in [-0.1, -0.05) is 112 Å². The lowest BCUT2D eigenvalue weighted by atomic mass is 9.95. The lowest BCUT2D eigenvalue weighted by Crippen LogP contribution is -1.97.